The summed E-state index contributed by atoms with van der Waals surface area (Å²) >= 11 is 0. The van der Waals surface area contributed by atoms with Crippen molar-refractivity contribution >= 4 is 5.97 Å². The molecule has 0 radical (unpaired) electrons. The Hall–Kier alpha value is -0.610. The summed E-state index contributed by atoms with van der Waals surface area (Å²) < 4.78 is 4.53. The molecule has 12 heavy (non-hydrogen) atoms. The maximum absolute atomic E-state index is 11.0. The zero-order valence-corrected chi connectivity index (χ0v) is 7.65. The van der Waals surface area contributed by atoms with Gasteiger partial charge >= 0.3 is 5.97 Å². The van der Waals surface area contributed by atoms with Gasteiger partial charge in [0.15, 0.2) is 0 Å². The van der Waals surface area contributed by atoms with Gasteiger partial charge in [-0.3, -0.25) is 4.79 Å². The van der Waals surface area contributed by atoms with Gasteiger partial charge in [0.05, 0.1) is 5.92 Å². The lowest BCUT2D eigenvalue weighted by atomic mass is 10.1. The third kappa shape index (κ3) is 3.69. The largest absolute Gasteiger partial charge is 0.433 e. The molecule has 4 nitrogen and oxygen atoms in total. The Morgan fingerprint density at radius 3 is 2.25 bits per heavy atom. The first-order valence-corrected chi connectivity index (χ1v) is 4.05. The SMILES string of the molecule is CCC(C)C(=O)OC(O)C(C)O. The normalized spacial score (nSPS) is 18.1. The molecule has 0 saturated carbocycles. The predicted octanol–water partition coefficient (Wildman–Crippen LogP) is 0.275. The monoisotopic (exact) mass is 176 g/mol. The Labute approximate surface area is 72.2 Å². The Morgan fingerprint density at radius 1 is 1.42 bits per heavy atom. The molecule has 4 heteroatoms. The van der Waals surface area contributed by atoms with Crippen LogP contribution in [0, 0.1) is 5.92 Å². The first-order chi connectivity index (χ1) is 5.49. The number of aliphatic hydroxyl groups is 2. The average molecular weight is 176 g/mol. The van der Waals surface area contributed by atoms with Crippen molar-refractivity contribution in [2.45, 2.75) is 39.6 Å². The van der Waals surface area contributed by atoms with Crippen LogP contribution in [0.4, 0.5) is 0 Å². The Balaban J connectivity index is 3.84. The van der Waals surface area contributed by atoms with Gasteiger partial charge in [0, 0.05) is 0 Å². The van der Waals surface area contributed by atoms with Crippen molar-refractivity contribution in [1.29, 1.82) is 0 Å². The standard InChI is InChI=1S/C8H16O4/c1-4-5(2)7(10)12-8(11)6(3)9/h5-6,8-9,11H,4H2,1-3H3. The molecule has 0 rings (SSSR count). The van der Waals surface area contributed by atoms with Crippen LogP contribution in [0.15, 0.2) is 0 Å². The Bertz CT molecular complexity index is 144. The Morgan fingerprint density at radius 2 is 1.92 bits per heavy atom. The van der Waals surface area contributed by atoms with E-state index < -0.39 is 18.4 Å². The summed E-state index contributed by atoms with van der Waals surface area (Å²) in [5.74, 6) is -0.718. The number of carbonyl (C=O) groups excluding carboxylic acids is 1. The van der Waals surface area contributed by atoms with Crippen LogP contribution >= 0.6 is 0 Å². The number of esters is 1. The highest BCUT2D eigenvalue weighted by molar-refractivity contribution is 5.71. The molecule has 72 valence electrons. The predicted molar refractivity (Wildman–Crippen MR) is 43.2 cm³/mol. The van der Waals surface area contributed by atoms with Crippen LogP contribution in [-0.2, 0) is 9.53 Å². The van der Waals surface area contributed by atoms with E-state index >= 15 is 0 Å². The quantitative estimate of drug-likeness (QED) is 0.477. The van der Waals surface area contributed by atoms with Crippen molar-refractivity contribution < 1.29 is 19.7 Å². The number of carbonyl (C=O) groups is 1. The second-order valence-electron chi connectivity index (χ2n) is 2.88. The molecule has 0 aliphatic heterocycles. The summed E-state index contributed by atoms with van der Waals surface area (Å²) in [6, 6.07) is 0. The van der Waals surface area contributed by atoms with E-state index in [-0.39, 0.29) is 5.92 Å². The van der Waals surface area contributed by atoms with Crippen LogP contribution in [0.3, 0.4) is 0 Å². The van der Waals surface area contributed by atoms with Gasteiger partial charge in [-0.2, -0.15) is 0 Å². The van der Waals surface area contributed by atoms with Gasteiger partial charge in [-0.25, -0.2) is 0 Å². The fraction of sp³-hybridized carbons (Fsp3) is 0.875. The van der Waals surface area contributed by atoms with Gasteiger partial charge in [-0.1, -0.05) is 13.8 Å². The molecule has 0 amide bonds. The highest BCUT2D eigenvalue weighted by Gasteiger charge is 2.19. The summed E-state index contributed by atoms with van der Waals surface area (Å²) in [7, 11) is 0. The molecule has 0 aromatic rings. The zero-order chi connectivity index (χ0) is 9.72. The maximum atomic E-state index is 11.0. The third-order valence-electron chi connectivity index (χ3n) is 1.66. The number of aliphatic hydroxyl groups excluding tert-OH is 2. The third-order valence-corrected chi connectivity index (χ3v) is 1.66. The lowest BCUT2D eigenvalue weighted by Crippen LogP contribution is -2.30. The summed E-state index contributed by atoms with van der Waals surface area (Å²) in [6.07, 6.45) is -1.80. The van der Waals surface area contributed by atoms with E-state index in [1.165, 1.54) is 6.92 Å². The Kier molecular flexibility index (Phi) is 4.85. The van der Waals surface area contributed by atoms with Crippen molar-refractivity contribution in [2.75, 3.05) is 0 Å². The number of rotatable bonds is 4. The minimum Gasteiger partial charge on any atom is -0.433 e. The van der Waals surface area contributed by atoms with Crippen LogP contribution in [0.2, 0.25) is 0 Å². The van der Waals surface area contributed by atoms with Crippen LogP contribution in [0.5, 0.6) is 0 Å². The molecule has 0 aliphatic rings. The maximum Gasteiger partial charge on any atom is 0.311 e. The molecule has 0 fully saturated rings. The zero-order valence-electron chi connectivity index (χ0n) is 7.65. The second kappa shape index (κ2) is 5.11. The van der Waals surface area contributed by atoms with E-state index in [1.807, 2.05) is 6.92 Å². The number of ether oxygens (including phenoxy) is 1. The lowest BCUT2D eigenvalue weighted by molar-refractivity contribution is -0.188. The van der Waals surface area contributed by atoms with Gasteiger partial charge in [-0.15, -0.1) is 0 Å². The van der Waals surface area contributed by atoms with Crippen LogP contribution in [-0.4, -0.2) is 28.6 Å². The van der Waals surface area contributed by atoms with E-state index in [2.05, 4.69) is 4.74 Å². The van der Waals surface area contributed by atoms with Gasteiger partial charge in [-0.05, 0) is 13.3 Å². The van der Waals surface area contributed by atoms with E-state index in [1.54, 1.807) is 6.92 Å². The fourth-order valence-corrected chi connectivity index (χ4v) is 0.500. The highest BCUT2D eigenvalue weighted by atomic mass is 16.6. The van der Waals surface area contributed by atoms with Crippen molar-refractivity contribution in [2.24, 2.45) is 5.92 Å². The summed E-state index contributed by atoms with van der Waals surface area (Å²) in [6.45, 7) is 4.91. The number of hydrogen-bond acceptors (Lipinski definition) is 4. The van der Waals surface area contributed by atoms with Crippen LogP contribution < -0.4 is 0 Å². The average Bonchev–Trinajstić information content (AvgIpc) is 2.02. The van der Waals surface area contributed by atoms with E-state index in [0.717, 1.165) is 0 Å². The van der Waals surface area contributed by atoms with Gasteiger partial charge in [0.25, 0.3) is 0 Å². The van der Waals surface area contributed by atoms with Crippen molar-refractivity contribution in [3.63, 3.8) is 0 Å². The summed E-state index contributed by atoms with van der Waals surface area (Å²) in [5, 5.41) is 17.7. The second-order valence-corrected chi connectivity index (χ2v) is 2.88. The number of hydrogen-bond donors (Lipinski definition) is 2. The molecule has 0 saturated heterocycles. The molecular weight excluding hydrogens is 160 g/mol. The molecule has 0 heterocycles. The lowest BCUT2D eigenvalue weighted by Gasteiger charge is -2.16. The van der Waals surface area contributed by atoms with Crippen molar-refractivity contribution in [3.8, 4) is 0 Å². The van der Waals surface area contributed by atoms with Crippen molar-refractivity contribution in [3.05, 3.63) is 0 Å². The highest BCUT2D eigenvalue weighted by Crippen LogP contribution is 2.06. The molecule has 2 N–H and O–H groups in total. The first kappa shape index (κ1) is 11.4. The molecule has 0 aliphatic carbocycles. The topological polar surface area (TPSA) is 66.8 Å². The molecular formula is C8H16O4. The molecule has 3 unspecified atom stereocenters. The van der Waals surface area contributed by atoms with Gasteiger partial charge < -0.3 is 14.9 Å². The van der Waals surface area contributed by atoms with Crippen LogP contribution in [0.1, 0.15) is 27.2 Å². The molecule has 0 spiro atoms. The minimum absolute atomic E-state index is 0.238. The van der Waals surface area contributed by atoms with Crippen molar-refractivity contribution in [1.82, 2.24) is 0 Å². The summed E-state index contributed by atoms with van der Waals surface area (Å²) in [5.41, 5.74) is 0. The minimum atomic E-state index is -1.41. The smallest absolute Gasteiger partial charge is 0.311 e. The molecule has 0 aromatic carbocycles. The van der Waals surface area contributed by atoms with Gasteiger partial charge in [0.1, 0.15) is 6.10 Å². The van der Waals surface area contributed by atoms with E-state index in [9.17, 15) is 4.79 Å². The molecule has 0 bridgehead atoms. The molecule has 0 aromatic heterocycles. The van der Waals surface area contributed by atoms with E-state index in [0.29, 0.717) is 6.42 Å². The molecule has 3 atom stereocenters. The fourth-order valence-electron chi connectivity index (χ4n) is 0.500. The van der Waals surface area contributed by atoms with Gasteiger partial charge in [0.2, 0.25) is 6.29 Å². The van der Waals surface area contributed by atoms with E-state index in [4.69, 9.17) is 10.2 Å². The summed E-state index contributed by atoms with van der Waals surface area (Å²) in [4.78, 5) is 11.0. The first-order valence-electron chi connectivity index (χ1n) is 4.05. The van der Waals surface area contributed by atoms with Crippen LogP contribution in [0.25, 0.3) is 0 Å².